The van der Waals surface area contributed by atoms with Crippen LogP contribution in [-0.4, -0.2) is 15.0 Å². The summed E-state index contributed by atoms with van der Waals surface area (Å²) in [5.74, 6) is 1.95. The lowest BCUT2D eigenvalue weighted by Crippen LogP contribution is -2.00. The predicted octanol–water partition coefficient (Wildman–Crippen LogP) is 11.9. The van der Waals surface area contributed by atoms with Crippen LogP contribution in [0.15, 0.2) is 168 Å². The monoisotopic (exact) mass is 625 g/mol. The summed E-state index contributed by atoms with van der Waals surface area (Å²) < 4.78 is 6.30. The molecule has 0 radical (unpaired) electrons. The second-order valence-corrected chi connectivity index (χ2v) is 12.4. The third-order valence-electron chi connectivity index (χ3n) is 9.47. The minimum atomic E-state index is 0.643. The van der Waals surface area contributed by atoms with Gasteiger partial charge in [0.05, 0.1) is 0 Å². The highest BCUT2D eigenvalue weighted by Crippen LogP contribution is 2.41. The number of benzene rings is 8. The molecule has 0 bridgehead atoms. The number of fused-ring (bicyclic) bond motifs is 9. The van der Waals surface area contributed by atoms with E-state index in [2.05, 4.69) is 91.0 Å². The van der Waals surface area contributed by atoms with Crippen molar-refractivity contribution in [1.29, 1.82) is 0 Å². The Labute approximate surface area is 282 Å². The van der Waals surface area contributed by atoms with Gasteiger partial charge in [0.15, 0.2) is 17.5 Å². The summed E-state index contributed by atoms with van der Waals surface area (Å²) in [6.07, 6.45) is 0. The molecule has 4 heteroatoms. The van der Waals surface area contributed by atoms with Gasteiger partial charge in [-0.15, -0.1) is 0 Å². The van der Waals surface area contributed by atoms with Crippen LogP contribution < -0.4 is 0 Å². The van der Waals surface area contributed by atoms with Crippen molar-refractivity contribution in [3.63, 3.8) is 0 Å². The quantitative estimate of drug-likeness (QED) is 0.183. The van der Waals surface area contributed by atoms with Crippen molar-refractivity contribution in [2.24, 2.45) is 0 Å². The number of para-hydroxylation sites is 1. The van der Waals surface area contributed by atoms with Crippen LogP contribution in [0.4, 0.5) is 0 Å². The summed E-state index contributed by atoms with van der Waals surface area (Å²) in [5.41, 5.74) is 6.90. The van der Waals surface area contributed by atoms with E-state index in [-0.39, 0.29) is 0 Å². The molecule has 0 fully saturated rings. The molecule has 0 N–H and O–H groups in total. The van der Waals surface area contributed by atoms with E-state index in [9.17, 15) is 0 Å². The smallest absolute Gasteiger partial charge is 0.164 e. The molecular weight excluding hydrogens is 599 g/mol. The van der Waals surface area contributed by atoms with Gasteiger partial charge in [0.2, 0.25) is 0 Å². The number of hydrogen-bond donors (Lipinski definition) is 0. The van der Waals surface area contributed by atoms with Gasteiger partial charge in [-0.25, -0.2) is 15.0 Å². The van der Waals surface area contributed by atoms with Gasteiger partial charge in [0, 0.05) is 32.8 Å². The lowest BCUT2D eigenvalue weighted by Gasteiger charge is -2.12. The topological polar surface area (TPSA) is 51.8 Å². The molecule has 0 saturated heterocycles. The Morgan fingerprint density at radius 1 is 0.306 bits per heavy atom. The molecule has 4 nitrogen and oxygen atoms in total. The molecule has 0 unspecified atom stereocenters. The van der Waals surface area contributed by atoms with E-state index in [4.69, 9.17) is 19.4 Å². The molecule has 2 aromatic heterocycles. The van der Waals surface area contributed by atoms with Gasteiger partial charge in [0.25, 0.3) is 0 Å². The van der Waals surface area contributed by atoms with E-state index in [1.165, 1.54) is 37.7 Å². The fourth-order valence-corrected chi connectivity index (χ4v) is 7.14. The first-order valence-electron chi connectivity index (χ1n) is 16.4. The molecule has 0 spiro atoms. The maximum absolute atomic E-state index is 6.30. The third-order valence-corrected chi connectivity index (χ3v) is 9.47. The fraction of sp³-hybridized carbons (Fsp3) is 0. The standard InChI is InChI=1S/C45H27N3O/c1-3-10-30(11-4-1)43-46-44(31-12-5-2-6-13-31)48-45(47-43)35-15-9-14-32(27-35)33-22-24-36-34(26-33)21-20-28-18-19-29-23-25-39-42(41(29)40(28)36)37-16-7-8-17-38(37)49-39/h1-27H. The van der Waals surface area contributed by atoms with Crippen LogP contribution in [0.1, 0.15) is 0 Å². The number of hydrogen-bond acceptors (Lipinski definition) is 4. The van der Waals surface area contributed by atoms with Crippen molar-refractivity contribution in [3.05, 3.63) is 164 Å². The SMILES string of the molecule is c1ccc(-c2nc(-c3ccccc3)nc(-c3cccc(-c4ccc5c(ccc6ccc7ccc8oc9ccccc9c8c7c65)c4)c3)n2)cc1. The molecule has 10 aromatic rings. The average Bonchev–Trinajstić information content (AvgIpc) is 3.57. The number of furan rings is 1. The maximum atomic E-state index is 6.30. The summed E-state index contributed by atoms with van der Waals surface area (Å²) in [6, 6.07) is 56.9. The zero-order chi connectivity index (χ0) is 32.3. The summed E-state index contributed by atoms with van der Waals surface area (Å²) >= 11 is 0. The summed E-state index contributed by atoms with van der Waals surface area (Å²) in [4.78, 5) is 14.8. The minimum Gasteiger partial charge on any atom is -0.456 e. The van der Waals surface area contributed by atoms with Gasteiger partial charge in [0.1, 0.15) is 11.2 Å². The Morgan fingerprint density at radius 2 is 0.857 bits per heavy atom. The normalized spacial score (nSPS) is 11.7. The zero-order valence-electron chi connectivity index (χ0n) is 26.3. The maximum Gasteiger partial charge on any atom is 0.164 e. The van der Waals surface area contributed by atoms with E-state index >= 15 is 0 Å². The van der Waals surface area contributed by atoms with E-state index in [0.29, 0.717) is 17.5 Å². The highest BCUT2D eigenvalue weighted by molar-refractivity contribution is 6.31. The minimum absolute atomic E-state index is 0.643. The summed E-state index contributed by atoms with van der Waals surface area (Å²) in [6.45, 7) is 0. The molecule has 0 atom stereocenters. The predicted molar refractivity (Wildman–Crippen MR) is 201 cm³/mol. The fourth-order valence-electron chi connectivity index (χ4n) is 7.14. The van der Waals surface area contributed by atoms with Crippen LogP contribution in [0.25, 0.3) is 99.5 Å². The largest absolute Gasteiger partial charge is 0.456 e. The molecule has 8 aromatic carbocycles. The Kier molecular flexibility index (Phi) is 6.15. The molecule has 0 aliphatic rings. The second kappa shape index (κ2) is 11.0. The van der Waals surface area contributed by atoms with Crippen LogP contribution in [0, 0.1) is 0 Å². The highest BCUT2D eigenvalue weighted by Gasteiger charge is 2.16. The Bertz CT molecular complexity index is 2820. The first-order valence-corrected chi connectivity index (χ1v) is 16.4. The van der Waals surface area contributed by atoms with Gasteiger partial charge >= 0.3 is 0 Å². The van der Waals surface area contributed by atoms with Crippen molar-refractivity contribution >= 4 is 54.3 Å². The van der Waals surface area contributed by atoms with Crippen LogP contribution in [0.5, 0.6) is 0 Å². The Morgan fingerprint density at radius 3 is 1.59 bits per heavy atom. The van der Waals surface area contributed by atoms with Crippen molar-refractivity contribution in [2.45, 2.75) is 0 Å². The Hall–Kier alpha value is -6.65. The van der Waals surface area contributed by atoms with Crippen molar-refractivity contribution in [1.82, 2.24) is 15.0 Å². The lowest BCUT2D eigenvalue weighted by molar-refractivity contribution is 0.669. The molecular formula is C45H27N3O. The molecule has 0 aliphatic heterocycles. The van der Waals surface area contributed by atoms with E-state index in [0.717, 1.165) is 44.4 Å². The first-order chi connectivity index (χ1) is 24.3. The van der Waals surface area contributed by atoms with Gasteiger partial charge in [-0.05, 0) is 62.3 Å². The number of nitrogens with zero attached hydrogens (tertiary/aromatic N) is 3. The number of aromatic nitrogens is 3. The van der Waals surface area contributed by atoms with E-state index in [1.54, 1.807) is 0 Å². The molecule has 228 valence electrons. The first kappa shape index (κ1) is 27.5. The molecule has 0 saturated carbocycles. The second-order valence-electron chi connectivity index (χ2n) is 12.4. The molecule has 0 amide bonds. The van der Waals surface area contributed by atoms with Crippen LogP contribution >= 0.6 is 0 Å². The highest BCUT2D eigenvalue weighted by atomic mass is 16.3. The molecule has 49 heavy (non-hydrogen) atoms. The van der Waals surface area contributed by atoms with Gasteiger partial charge in [-0.3, -0.25) is 0 Å². The zero-order valence-corrected chi connectivity index (χ0v) is 26.3. The average molecular weight is 626 g/mol. The molecule has 2 heterocycles. The summed E-state index contributed by atoms with van der Waals surface area (Å²) in [5, 5.41) is 9.63. The van der Waals surface area contributed by atoms with Crippen LogP contribution in [-0.2, 0) is 0 Å². The summed E-state index contributed by atoms with van der Waals surface area (Å²) in [7, 11) is 0. The lowest BCUT2D eigenvalue weighted by atomic mass is 9.92. The molecule has 10 rings (SSSR count). The van der Waals surface area contributed by atoms with Crippen LogP contribution in [0.2, 0.25) is 0 Å². The van der Waals surface area contributed by atoms with Gasteiger partial charge in [-0.1, -0.05) is 140 Å². The van der Waals surface area contributed by atoms with Gasteiger partial charge in [-0.2, -0.15) is 0 Å². The van der Waals surface area contributed by atoms with Crippen molar-refractivity contribution < 1.29 is 4.42 Å². The van der Waals surface area contributed by atoms with Crippen molar-refractivity contribution in [3.8, 4) is 45.3 Å². The van der Waals surface area contributed by atoms with Gasteiger partial charge < -0.3 is 4.42 Å². The van der Waals surface area contributed by atoms with Crippen LogP contribution in [0.3, 0.4) is 0 Å². The molecule has 0 aliphatic carbocycles. The van der Waals surface area contributed by atoms with Crippen molar-refractivity contribution in [2.75, 3.05) is 0 Å². The van der Waals surface area contributed by atoms with E-state index < -0.39 is 0 Å². The number of rotatable bonds is 4. The van der Waals surface area contributed by atoms with E-state index in [1.807, 2.05) is 72.8 Å². The Balaban J connectivity index is 1.13. The third kappa shape index (κ3) is 4.57.